The van der Waals surface area contributed by atoms with E-state index in [2.05, 4.69) is 5.32 Å². The van der Waals surface area contributed by atoms with Gasteiger partial charge in [0.1, 0.15) is 5.82 Å². The van der Waals surface area contributed by atoms with Crippen molar-refractivity contribution in [2.24, 2.45) is 0 Å². The molecule has 0 aliphatic rings. The first-order chi connectivity index (χ1) is 16.3. The quantitative estimate of drug-likeness (QED) is 0.275. The Morgan fingerprint density at radius 3 is 2.26 bits per heavy atom. The third-order valence-corrected chi connectivity index (χ3v) is 5.48. The molecule has 1 aromatic heterocycles. The summed E-state index contributed by atoms with van der Waals surface area (Å²) in [5, 5.41) is 15.7. The third-order valence-electron chi connectivity index (χ3n) is 4.55. The van der Waals surface area contributed by atoms with Crippen LogP contribution < -0.4 is 5.32 Å². The zero-order chi connectivity index (χ0) is 24.7. The zero-order valence-corrected chi connectivity index (χ0v) is 18.7. The molecule has 0 saturated heterocycles. The number of hydrogen-bond acceptors (Lipinski definition) is 8. The van der Waals surface area contributed by atoms with E-state index in [9.17, 15) is 28.9 Å². The van der Waals surface area contributed by atoms with E-state index >= 15 is 0 Å². The van der Waals surface area contributed by atoms with Gasteiger partial charge in [-0.2, -0.15) is 0 Å². The number of hydrogen-bond donors (Lipinski definition) is 1. The fourth-order valence-electron chi connectivity index (χ4n) is 3.01. The topological polar surface area (TPSA) is 125 Å². The van der Waals surface area contributed by atoms with Crippen molar-refractivity contribution in [2.45, 2.75) is 13.0 Å². The number of nitrogens with zero attached hydrogens (tertiary/aromatic N) is 1. The van der Waals surface area contributed by atoms with Crippen molar-refractivity contribution in [1.29, 1.82) is 0 Å². The van der Waals surface area contributed by atoms with E-state index in [1.165, 1.54) is 35.6 Å². The van der Waals surface area contributed by atoms with Crippen molar-refractivity contribution in [1.82, 2.24) is 5.32 Å². The van der Waals surface area contributed by atoms with E-state index in [-0.39, 0.29) is 17.7 Å². The van der Waals surface area contributed by atoms with E-state index in [0.29, 0.717) is 5.56 Å². The predicted octanol–water partition coefficient (Wildman–Crippen LogP) is 4.03. The number of amides is 1. The molecule has 0 fully saturated rings. The van der Waals surface area contributed by atoms with Gasteiger partial charge >= 0.3 is 11.9 Å². The second-order valence-electron chi connectivity index (χ2n) is 6.89. The summed E-state index contributed by atoms with van der Waals surface area (Å²) in [4.78, 5) is 48.1. The molecule has 0 spiro atoms. The van der Waals surface area contributed by atoms with Gasteiger partial charge in [0, 0.05) is 17.0 Å². The first kappa shape index (κ1) is 24.5. The van der Waals surface area contributed by atoms with Crippen LogP contribution in [0.5, 0.6) is 0 Å². The fourth-order valence-corrected chi connectivity index (χ4v) is 3.82. The van der Waals surface area contributed by atoms with E-state index in [0.717, 1.165) is 23.1 Å². The van der Waals surface area contributed by atoms with Crippen LogP contribution in [-0.2, 0) is 14.3 Å². The number of esters is 2. The maximum absolute atomic E-state index is 13.3. The molecular formula is C23H19FN2O7S. The number of thiophene rings is 1. The van der Waals surface area contributed by atoms with Gasteiger partial charge in [0.25, 0.3) is 11.6 Å². The average molecular weight is 486 g/mol. The number of benzene rings is 2. The first-order valence-electron chi connectivity index (χ1n) is 10.0. The number of halogens is 1. The van der Waals surface area contributed by atoms with E-state index in [1.54, 1.807) is 19.1 Å². The van der Waals surface area contributed by atoms with Crippen LogP contribution in [0.15, 0.2) is 60.0 Å². The molecule has 0 aliphatic carbocycles. The minimum atomic E-state index is -1.03. The lowest BCUT2D eigenvalue weighted by molar-refractivity contribution is -0.384. The molecule has 0 saturated carbocycles. The summed E-state index contributed by atoms with van der Waals surface area (Å²) < 4.78 is 23.1. The number of nitro groups is 1. The second-order valence-corrected chi connectivity index (χ2v) is 7.87. The normalized spacial score (nSPS) is 11.4. The van der Waals surface area contributed by atoms with E-state index < -0.39 is 46.9 Å². The number of non-ortho nitro benzene ring substituents is 1. The summed E-state index contributed by atoms with van der Waals surface area (Å²) in [6, 6.07) is 11.6. The lowest BCUT2D eigenvalue weighted by Gasteiger charge is -2.18. The number of carbonyl (C=O) groups excluding carboxylic acids is 3. The van der Waals surface area contributed by atoms with Crippen LogP contribution in [0.1, 0.15) is 44.1 Å². The number of carbonyl (C=O) groups is 3. The maximum Gasteiger partial charge on any atom is 0.338 e. The molecule has 0 radical (unpaired) electrons. The van der Waals surface area contributed by atoms with Gasteiger partial charge in [-0.05, 0) is 42.1 Å². The van der Waals surface area contributed by atoms with Crippen molar-refractivity contribution in [3.05, 3.63) is 97.5 Å². The highest BCUT2D eigenvalue weighted by Gasteiger charge is 2.22. The summed E-state index contributed by atoms with van der Waals surface area (Å²) in [7, 11) is 0. The molecule has 0 bridgehead atoms. The molecule has 3 rings (SSSR count). The van der Waals surface area contributed by atoms with Gasteiger partial charge in [-0.15, -0.1) is 11.3 Å². The average Bonchev–Trinajstić information content (AvgIpc) is 3.36. The van der Waals surface area contributed by atoms with Crippen molar-refractivity contribution >= 4 is 34.9 Å². The number of rotatable bonds is 9. The van der Waals surface area contributed by atoms with Crippen LogP contribution in [0, 0.1) is 15.9 Å². The van der Waals surface area contributed by atoms with Gasteiger partial charge in [0.2, 0.25) is 0 Å². The second kappa shape index (κ2) is 11.1. The summed E-state index contributed by atoms with van der Waals surface area (Å²) in [6.07, 6.45) is 0. The smallest absolute Gasteiger partial charge is 0.338 e. The summed E-state index contributed by atoms with van der Waals surface area (Å²) in [5.41, 5.74) is -0.350. The predicted molar refractivity (Wildman–Crippen MR) is 120 cm³/mol. The lowest BCUT2D eigenvalue weighted by Crippen LogP contribution is -2.32. The highest BCUT2D eigenvalue weighted by atomic mass is 32.1. The molecule has 9 nitrogen and oxygen atoms in total. The Balaban J connectivity index is 1.72. The van der Waals surface area contributed by atoms with Gasteiger partial charge in [-0.25, -0.2) is 14.0 Å². The Morgan fingerprint density at radius 1 is 1.06 bits per heavy atom. The summed E-state index contributed by atoms with van der Waals surface area (Å²) >= 11 is 1.38. The number of nitro benzene ring substituents is 1. The first-order valence-corrected chi connectivity index (χ1v) is 10.9. The highest BCUT2D eigenvalue weighted by Crippen LogP contribution is 2.26. The number of nitrogens with one attached hydrogen (secondary N) is 1. The molecule has 176 valence electrons. The SMILES string of the molecule is CCOC(=O)c1cc(C(=O)OCC(=O)NC(c2ccc(F)cc2)c2cccs2)cc([N+](=O)[O-])c1. The van der Waals surface area contributed by atoms with Crippen LogP contribution >= 0.6 is 11.3 Å². The molecule has 34 heavy (non-hydrogen) atoms. The molecule has 1 amide bonds. The Labute approximate surface area is 197 Å². The molecule has 2 aromatic carbocycles. The van der Waals surface area contributed by atoms with E-state index in [1.807, 2.05) is 5.38 Å². The molecule has 3 aromatic rings. The van der Waals surface area contributed by atoms with Crippen molar-refractivity contribution in [3.8, 4) is 0 Å². The fraction of sp³-hybridized carbons (Fsp3) is 0.174. The monoisotopic (exact) mass is 486 g/mol. The van der Waals surface area contributed by atoms with Gasteiger partial charge in [-0.3, -0.25) is 14.9 Å². The standard InChI is InChI=1S/C23H19FN2O7S/c1-2-32-22(28)15-10-16(12-18(11-15)26(30)31)23(29)33-13-20(27)25-21(19-4-3-9-34-19)14-5-7-17(24)8-6-14/h3-12,21H,2,13H2,1H3,(H,25,27). The van der Waals surface area contributed by atoms with Crippen molar-refractivity contribution < 1.29 is 33.2 Å². The van der Waals surface area contributed by atoms with Crippen LogP contribution in [0.25, 0.3) is 0 Å². The van der Waals surface area contributed by atoms with Gasteiger partial charge in [0.05, 0.1) is 28.7 Å². The molecule has 11 heteroatoms. The third kappa shape index (κ3) is 6.23. The Morgan fingerprint density at radius 2 is 1.71 bits per heavy atom. The minimum absolute atomic E-state index is 0.0426. The molecule has 1 heterocycles. The van der Waals surface area contributed by atoms with Gasteiger partial charge in [0.15, 0.2) is 6.61 Å². The minimum Gasteiger partial charge on any atom is -0.462 e. The Kier molecular flexibility index (Phi) is 8.04. The van der Waals surface area contributed by atoms with Crippen LogP contribution in [0.4, 0.5) is 10.1 Å². The van der Waals surface area contributed by atoms with Gasteiger partial charge in [-0.1, -0.05) is 18.2 Å². The van der Waals surface area contributed by atoms with Gasteiger partial charge < -0.3 is 14.8 Å². The Bertz CT molecular complexity index is 1200. The zero-order valence-electron chi connectivity index (χ0n) is 17.9. The van der Waals surface area contributed by atoms with Crippen LogP contribution in [-0.4, -0.2) is 36.0 Å². The Hall–Kier alpha value is -4.12. The van der Waals surface area contributed by atoms with Crippen molar-refractivity contribution in [3.63, 3.8) is 0 Å². The summed E-state index contributed by atoms with van der Waals surface area (Å²) in [6.45, 7) is 0.929. The van der Waals surface area contributed by atoms with Crippen LogP contribution in [0.3, 0.4) is 0 Å². The summed E-state index contributed by atoms with van der Waals surface area (Å²) in [5.74, 6) is -2.94. The molecule has 1 atom stereocenters. The molecular weight excluding hydrogens is 467 g/mol. The molecule has 0 aliphatic heterocycles. The highest BCUT2D eigenvalue weighted by molar-refractivity contribution is 7.10. The number of ether oxygens (including phenoxy) is 2. The molecule has 1 N–H and O–H groups in total. The molecule has 1 unspecified atom stereocenters. The lowest BCUT2D eigenvalue weighted by atomic mass is 10.1. The van der Waals surface area contributed by atoms with E-state index in [4.69, 9.17) is 9.47 Å². The maximum atomic E-state index is 13.3. The van der Waals surface area contributed by atoms with Crippen LogP contribution in [0.2, 0.25) is 0 Å². The largest absolute Gasteiger partial charge is 0.462 e. The van der Waals surface area contributed by atoms with Crippen molar-refractivity contribution in [2.75, 3.05) is 13.2 Å².